The minimum absolute atomic E-state index is 0.0479. The number of hydrogen-bond acceptors (Lipinski definition) is 11. The third-order valence-corrected chi connectivity index (χ3v) is 14.3. The number of ether oxygens (including phenoxy) is 1. The van der Waals surface area contributed by atoms with E-state index >= 15 is 0 Å². The van der Waals surface area contributed by atoms with Gasteiger partial charge >= 0.3 is 12.0 Å². The lowest BCUT2D eigenvalue weighted by Gasteiger charge is -2.43. The molecule has 7 heterocycles. The van der Waals surface area contributed by atoms with Crippen LogP contribution in [-0.2, 0) is 43.3 Å². The second kappa shape index (κ2) is 19.1. The first-order valence-corrected chi connectivity index (χ1v) is 24.5. The van der Waals surface area contributed by atoms with E-state index in [9.17, 15) is 24.0 Å². The predicted octanol–water partition coefficient (Wildman–Crippen LogP) is 5.20. The molecule has 6 bridgehead atoms. The molecule has 5 atom stereocenters. The number of urea groups is 1. The minimum Gasteiger partial charge on any atom is -0.464 e. The molecule has 3 fully saturated rings. The standard InChI is InChI=1S/C49H66N10O6S/c1-10-57-39-16-15-31-21-33(39)34(43(57)32-13-11-17-50-41(32)28(2)3)23-49(7,8)27-65-47(63)35-14-12-18-59(54-35)46(62)36(22-40-52-38(31)26-66-40)53-44(60)42(29(4)5)55(9)48(64)58-20-19-56(25-30(58)6)45(61)37-24-51-37/h11,13,15-17,21,26,28-30,35-37,42,51,54H,10,12,14,18-20,22-25,27H2,1-9H3,(H,53,60)/t30-,35+,36+,37-,42+/m1/s1. The van der Waals surface area contributed by atoms with E-state index in [0.717, 1.165) is 51.2 Å². The van der Waals surface area contributed by atoms with Gasteiger partial charge in [0.15, 0.2) is 0 Å². The van der Waals surface area contributed by atoms with Gasteiger partial charge in [0.05, 0.1) is 34.7 Å². The number of cyclic esters (lactones) is 1. The first-order chi connectivity index (χ1) is 31.5. The van der Waals surface area contributed by atoms with Crippen LogP contribution in [-0.4, -0.2) is 141 Å². The van der Waals surface area contributed by atoms with Crippen molar-refractivity contribution in [2.75, 3.05) is 46.4 Å². The van der Waals surface area contributed by atoms with Crippen LogP contribution in [0.15, 0.2) is 41.9 Å². The molecular formula is C49H66N10O6S. The molecule has 16 nitrogen and oxygen atoms in total. The highest BCUT2D eigenvalue weighted by Crippen LogP contribution is 2.42. The fourth-order valence-corrected chi connectivity index (χ4v) is 10.8. The topological polar surface area (TPSA) is 184 Å². The molecule has 3 saturated heterocycles. The number of benzene rings is 1. The summed E-state index contributed by atoms with van der Waals surface area (Å²) in [4.78, 5) is 85.0. The fourth-order valence-electron chi connectivity index (χ4n) is 9.99. The number of aryl methyl sites for hydroxylation is 1. The quantitative estimate of drug-likeness (QED) is 0.157. The zero-order valence-corrected chi connectivity index (χ0v) is 40.7. The van der Waals surface area contributed by atoms with Gasteiger partial charge in [-0.1, -0.05) is 47.6 Å². The molecule has 1 aromatic carbocycles. The van der Waals surface area contributed by atoms with Gasteiger partial charge in [0.1, 0.15) is 18.1 Å². The molecule has 3 N–H and O–H groups in total. The Kier molecular flexibility index (Phi) is 13.6. The van der Waals surface area contributed by atoms with Gasteiger partial charge in [-0.2, -0.15) is 0 Å². The third-order valence-electron chi connectivity index (χ3n) is 13.5. The van der Waals surface area contributed by atoms with E-state index in [-0.39, 0.29) is 48.9 Å². The van der Waals surface area contributed by atoms with E-state index in [4.69, 9.17) is 14.7 Å². The van der Waals surface area contributed by atoms with Crippen molar-refractivity contribution in [2.24, 2.45) is 11.3 Å². The van der Waals surface area contributed by atoms with Gasteiger partial charge in [-0.25, -0.2) is 15.2 Å². The average molecular weight is 923 g/mol. The average Bonchev–Trinajstić information content (AvgIpc) is 3.97. The molecule has 4 aromatic rings. The number of hydrogen-bond donors (Lipinski definition) is 3. The molecule has 0 spiro atoms. The molecule has 5 amide bonds. The van der Waals surface area contributed by atoms with E-state index < -0.39 is 41.3 Å². The van der Waals surface area contributed by atoms with Crippen LogP contribution in [0.25, 0.3) is 33.4 Å². The zero-order chi connectivity index (χ0) is 47.2. The maximum atomic E-state index is 14.7. The van der Waals surface area contributed by atoms with Crippen molar-refractivity contribution >= 4 is 52.0 Å². The summed E-state index contributed by atoms with van der Waals surface area (Å²) in [6.07, 6.45) is 3.59. The molecule has 8 rings (SSSR count). The van der Waals surface area contributed by atoms with Crippen molar-refractivity contribution in [3.63, 3.8) is 0 Å². The summed E-state index contributed by atoms with van der Waals surface area (Å²) >= 11 is 1.42. The first kappa shape index (κ1) is 47.1. The van der Waals surface area contributed by atoms with Crippen LogP contribution in [0.5, 0.6) is 0 Å². The maximum absolute atomic E-state index is 14.7. The minimum atomic E-state index is -1.07. The monoisotopic (exact) mass is 922 g/mol. The second-order valence-electron chi connectivity index (χ2n) is 19.9. The highest BCUT2D eigenvalue weighted by Gasteiger charge is 2.42. The summed E-state index contributed by atoms with van der Waals surface area (Å²) in [6.45, 7) is 19.4. The number of esters is 1. The van der Waals surface area contributed by atoms with Crippen molar-refractivity contribution in [1.29, 1.82) is 0 Å². The number of amides is 5. The Hall–Kier alpha value is -5.39. The number of aromatic nitrogens is 3. The van der Waals surface area contributed by atoms with E-state index in [2.05, 4.69) is 79.5 Å². The van der Waals surface area contributed by atoms with E-state index in [1.807, 2.05) is 38.4 Å². The van der Waals surface area contributed by atoms with Crippen molar-refractivity contribution in [1.82, 2.24) is 50.3 Å². The molecule has 0 radical (unpaired) electrons. The number of carbonyl (C=O) groups excluding carboxylic acids is 5. The zero-order valence-electron chi connectivity index (χ0n) is 39.8. The van der Waals surface area contributed by atoms with Gasteiger partial charge in [0, 0.05) is 97.8 Å². The Morgan fingerprint density at radius 2 is 1.86 bits per heavy atom. The Bertz CT molecular complexity index is 2490. The van der Waals surface area contributed by atoms with Crippen molar-refractivity contribution < 1.29 is 28.7 Å². The summed E-state index contributed by atoms with van der Waals surface area (Å²) in [7, 11) is 1.62. The summed E-state index contributed by atoms with van der Waals surface area (Å²) in [6, 6.07) is 7.10. The van der Waals surface area contributed by atoms with Crippen LogP contribution < -0.4 is 16.1 Å². The van der Waals surface area contributed by atoms with Gasteiger partial charge in [0.25, 0.3) is 5.91 Å². The van der Waals surface area contributed by atoms with Crippen LogP contribution in [0, 0.1) is 11.3 Å². The summed E-state index contributed by atoms with van der Waals surface area (Å²) in [5.41, 5.74) is 9.81. The summed E-state index contributed by atoms with van der Waals surface area (Å²) in [5.74, 6) is -1.40. The molecule has 354 valence electrons. The number of fused-ring (bicyclic) bond motifs is 6. The lowest BCUT2D eigenvalue weighted by atomic mass is 9.84. The highest BCUT2D eigenvalue weighted by molar-refractivity contribution is 7.10. The Labute approximate surface area is 391 Å². The molecule has 66 heavy (non-hydrogen) atoms. The van der Waals surface area contributed by atoms with Gasteiger partial charge < -0.3 is 34.6 Å². The molecule has 3 aromatic heterocycles. The van der Waals surface area contributed by atoms with Crippen molar-refractivity contribution in [2.45, 2.75) is 124 Å². The lowest BCUT2D eigenvalue weighted by Crippen LogP contribution is -2.63. The number of piperazine rings is 1. The molecule has 0 aliphatic carbocycles. The summed E-state index contributed by atoms with van der Waals surface area (Å²) in [5, 5.41) is 11.3. The number of thiazole rings is 1. The van der Waals surface area contributed by atoms with Crippen molar-refractivity contribution in [3.05, 3.63) is 58.2 Å². The van der Waals surface area contributed by atoms with Gasteiger partial charge in [-0.15, -0.1) is 11.3 Å². The Morgan fingerprint density at radius 3 is 2.56 bits per heavy atom. The normalized spacial score (nSPS) is 22.9. The number of nitrogens with one attached hydrogen (secondary N) is 3. The number of pyridine rings is 1. The van der Waals surface area contributed by atoms with Gasteiger partial charge in [-0.05, 0) is 74.8 Å². The van der Waals surface area contributed by atoms with Gasteiger partial charge in [0.2, 0.25) is 11.8 Å². The maximum Gasteiger partial charge on any atom is 0.324 e. The Balaban J connectivity index is 1.13. The van der Waals surface area contributed by atoms with Crippen molar-refractivity contribution in [3.8, 4) is 22.5 Å². The first-order valence-electron chi connectivity index (χ1n) is 23.6. The third kappa shape index (κ3) is 9.56. The van der Waals surface area contributed by atoms with Gasteiger partial charge in [-0.3, -0.25) is 29.2 Å². The molecule has 4 aliphatic rings. The SMILES string of the molecule is CCn1c(-c2cccnc2C(C)C)c2c3cc(ccc31)-c1csc(n1)C[C@H](NC(=O)[C@H](C(C)C)N(C)C(=O)N1CCN(C(=O)[C@H]3CN3)C[C@H]1C)C(=O)N1CCC[C@H](N1)C(=O)OCC(C)(C)C2. The molecule has 0 unspecified atom stereocenters. The lowest BCUT2D eigenvalue weighted by molar-refractivity contribution is -0.155. The van der Waals surface area contributed by atoms with Crippen LogP contribution in [0.3, 0.4) is 0 Å². The fraction of sp³-hybridized carbons (Fsp3) is 0.571. The second-order valence-corrected chi connectivity index (χ2v) is 20.9. The smallest absolute Gasteiger partial charge is 0.324 e. The molecule has 17 heteroatoms. The van der Waals surface area contributed by atoms with Crippen LogP contribution in [0.2, 0.25) is 0 Å². The van der Waals surface area contributed by atoms with E-state index in [1.165, 1.54) is 21.2 Å². The predicted molar refractivity (Wildman–Crippen MR) is 254 cm³/mol. The Morgan fingerprint density at radius 1 is 1.09 bits per heavy atom. The van der Waals surface area contributed by atoms with E-state index in [1.54, 1.807) is 16.8 Å². The number of nitrogens with zero attached hydrogens (tertiary/aromatic N) is 7. The molecule has 4 aliphatic heterocycles. The van der Waals surface area contributed by atoms with Crippen LogP contribution in [0.4, 0.5) is 4.79 Å². The van der Waals surface area contributed by atoms with Crippen LogP contribution >= 0.6 is 11.3 Å². The molecule has 0 saturated carbocycles. The number of likely N-dealkylation sites (N-methyl/N-ethyl adjacent to an activating group) is 1. The number of carbonyl (C=O) groups is 5. The van der Waals surface area contributed by atoms with Crippen LogP contribution in [0.1, 0.15) is 90.4 Å². The summed E-state index contributed by atoms with van der Waals surface area (Å²) < 4.78 is 8.48. The largest absolute Gasteiger partial charge is 0.464 e. The number of rotatable bonds is 8. The number of hydrazine groups is 1. The highest BCUT2D eigenvalue weighted by atomic mass is 32.1. The molecular weight excluding hydrogens is 857 g/mol. The van der Waals surface area contributed by atoms with E-state index in [0.29, 0.717) is 57.0 Å².